The van der Waals surface area contributed by atoms with E-state index in [0.29, 0.717) is 16.7 Å². The summed E-state index contributed by atoms with van der Waals surface area (Å²) in [6.45, 7) is -0.524. The van der Waals surface area contributed by atoms with Crippen LogP contribution in [0.1, 0.15) is 0 Å². The van der Waals surface area contributed by atoms with E-state index in [-0.39, 0.29) is 11.4 Å². The molecule has 0 atom stereocenters. The van der Waals surface area contributed by atoms with E-state index in [0.717, 1.165) is 0 Å². The Labute approximate surface area is 104 Å². The normalized spacial score (nSPS) is 11.9. The minimum atomic E-state index is -3.88. The van der Waals surface area contributed by atoms with Gasteiger partial charge < -0.3 is 9.30 Å². The number of ether oxygens (including phenoxy) is 1. The Balaban J connectivity index is 2.85. The molecule has 0 amide bonds. The zero-order chi connectivity index (χ0) is 13.3. The molecule has 2 N–H and O–H groups in total. The van der Waals surface area contributed by atoms with E-state index in [1.807, 2.05) is 0 Å². The van der Waals surface area contributed by atoms with E-state index in [9.17, 15) is 12.8 Å². The molecule has 0 aliphatic rings. The van der Waals surface area contributed by atoms with Crippen molar-refractivity contribution >= 4 is 20.9 Å². The summed E-state index contributed by atoms with van der Waals surface area (Å²) >= 11 is 0. The van der Waals surface area contributed by atoms with Crippen LogP contribution in [-0.2, 0) is 16.6 Å². The molecule has 0 unspecified atom stereocenters. The second-order valence-electron chi connectivity index (χ2n) is 3.78. The summed E-state index contributed by atoms with van der Waals surface area (Å²) in [6, 6.07) is 5.04. The van der Waals surface area contributed by atoms with Gasteiger partial charge in [0.05, 0.1) is 24.6 Å². The number of rotatable bonds is 4. The summed E-state index contributed by atoms with van der Waals surface area (Å²) in [5.41, 5.74) is 0.580. The summed E-state index contributed by atoms with van der Waals surface area (Å²) in [6.07, 6.45) is 1.34. The smallest absolute Gasteiger partial charge is 0.240 e. The zero-order valence-corrected chi connectivity index (χ0v) is 10.6. The van der Waals surface area contributed by atoms with Crippen LogP contribution in [0.4, 0.5) is 4.39 Å². The van der Waals surface area contributed by atoms with Gasteiger partial charge in [0, 0.05) is 6.20 Å². The summed E-state index contributed by atoms with van der Waals surface area (Å²) in [5.74, 6) is 0.397. The monoisotopic (exact) mass is 272 g/mol. The molecule has 5 nitrogen and oxygen atoms in total. The fourth-order valence-corrected chi connectivity index (χ4v) is 2.71. The van der Waals surface area contributed by atoms with Crippen LogP contribution in [0.2, 0.25) is 0 Å². The number of benzene rings is 1. The number of halogens is 1. The van der Waals surface area contributed by atoms with E-state index >= 15 is 0 Å². The van der Waals surface area contributed by atoms with Crippen molar-refractivity contribution in [2.75, 3.05) is 13.8 Å². The molecular formula is C11H13FN2O3S. The molecule has 0 radical (unpaired) electrons. The number of aryl methyl sites for hydroxylation is 1. The SMILES string of the molecule is COc1cccc2c1c(S(N)(=O)=O)cn2CCF. The molecule has 0 aliphatic carbocycles. The lowest BCUT2D eigenvalue weighted by Crippen LogP contribution is -2.11. The van der Waals surface area contributed by atoms with E-state index in [4.69, 9.17) is 9.88 Å². The number of sulfonamides is 1. The Morgan fingerprint density at radius 1 is 1.44 bits per heavy atom. The van der Waals surface area contributed by atoms with Crippen LogP contribution in [0.5, 0.6) is 5.75 Å². The predicted molar refractivity (Wildman–Crippen MR) is 65.8 cm³/mol. The van der Waals surface area contributed by atoms with Crippen LogP contribution in [-0.4, -0.2) is 26.8 Å². The van der Waals surface area contributed by atoms with Crippen molar-refractivity contribution in [3.8, 4) is 5.75 Å². The van der Waals surface area contributed by atoms with Gasteiger partial charge in [-0.2, -0.15) is 0 Å². The van der Waals surface area contributed by atoms with E-state index in [2.05, 4.69) is 0 Å². The maximum atomic E-state index is 12.5. The molecule has 0 bridgehead atoms. The highest BCUT2D eigenvalue weighted by molar-refractivity contribution is 7.89. The number of methoxy groups -OCH3 is 1. The van der Waals surface area contributed by atoms with Gasteiger partial charge in [-0.1, -0.05) is 6.07 Å². The number of hydrogen-bond acceptors (Lipinski definition) is 3. The maximum absolute atomic E-state index is 12.5. The lowest BCUT2D eigenvalue weighted by Gasteiger charge is -2.04. The van der Waals surface area contributed by atoms with E-state index < -0.39 is 16.7 Å². The van der Waals surface area contributed by atoms with Gasteiger partial charge in [-0.25, -0.2) is 17.9 Å². The summed E-state index contributed by atoms with van der Waals surface area (Å²) in [4.78, 5) is -0.0524. The molecule has 1 aromatic heterocycles. The molecule has 0 spiro atoms. The second-order valence-corrected chi connectivity index (χ2v) is 5.30. The van der Waals surface area contributed by atoms with Gasteiger partial charge >= 0.3 is 0 Å². The van der Waals surface area contributed by atoms with Gasteiger partial charge in [-0.05, 0) is 12.1 Å². The van der Waals surface area contributed by atoms with Gasteiger partial charge in [-0.3, -0.25) is 0 Å². The van der Waals surface area contributed by atoms with Crippen LogP contribution in [0.25, 0.3) is 10.9 Å². The zero-order valence-electron chi connectivity index (χ0n) is 9.76. The standard InChI is InChI=1S/C11H13FN2O3S/c1-17-9-4-2-3-8-11(9)10(18(13,15)16)7-14(8)6-5-12/h2-4,7H,5-6H2,1H3,(H2,13,15,16). The van der Waals surface area contributed by atoms with Crippen LogP contribution >= 0.6 is 0 Å². The average molecular weight is 272 g/mol. The number of nitrogens with two attached hydrogens (primary N) is 1. The van der Waals surface area contributed by atoms with Crippen LogP contribution in [0.3, 0.4) is 0 Å². The third-order valence-electron chi connectivity index (χ3n) is 2.69. The van der Waals surface area contributed by atoms with Gasteiger partial charge in [0.1, 0.15) is 17.3 Å². The fourth-order valence-electron chi connectivity index (χ4n) is 1.94. The molecule has 0 saturated heterocycles. The van der Waals surface area contributed by atoms with Crippen molar-refractivity contribution < 1.29 is 17.5 Å². The van der Waals surface area contributed by atoms with Crippen molar-refractivity contribution in [3.05, 3.63) is 24.4 Å². The minimum absolute atomic E-state index is 0.0524. The molecule has 0 aliphatic heterocycles. The summed E-state index contributed by atoms with van der Waals surface area (Å²) in [5, 5.41) is 5.55. The number of aromatic nitrogens is 1. The van der Waals surface area contributed by atoms with Crippen molar-refractivity contribution in [2.45, 2.75) is 11.4 Å². The van der Waals surface area contributed by atoms with Crippen LogP contribution in [0, 0.1) is 0 Å². The van der Waals surface area contributed by atoms with Crippen LogP contribution in [0.15, 0.2) is 29.3 Å². The Morgan fingerprint density at radius 3 is 2.72 bits per heavy atom. The highest BCUT2D eigenvalue weighted by atomic mass is 32.2. The topological polar surface area (TPSA) is 74.3 Å². The molecule has 7 heteroatoms. The molecule has 1 aromatic carbocycles. The van der Waals surface area contributed by atoms with Gasteiger partial charge in [-0.15, -0.1) is 0 Å². The maximum Gasteiger partial charge on any atom is 0.240 e. The van der Waals surface area contributed by atoms with Crippen molar-refractivity contribution in [1.29, 1.82) is 0 Å². The third kappa shape index (κ3) is 2.06. The predicted octanol–water partition coefficient (Wildman–Crippen LogP) is 1.27. The average Bonchev–Trinajstić information content (AvgIpc) is 2.68. The Hall–Kier alpha value is -1.60. The highest BCUT2D eigenvalue weighted by Crippen LogP contribution is 2.32. The number of fused-ring (bicyclic) bond motifs is 1. The molecule has 18 heavy (non-hydrogen) atoms. The Morgan fingerprint density at radius 2 is 2.17 bits per heavy atom. The third-order valence-corrected chi connectivity index (χ3v) is 3.61. The van der Waals surface area contributed by atoms with Gasteiger partial charge in [0.25, 0.3) is 0 Å². The van der Waals surface area contributed by atoms with Crippen LogP contribution < -0.4 is 9.88 Å². The van der Waals surface area contributed by atoms with Gasteiger partial charge in [0.2, 0.25) is 10.0 Å². The molecule has 0 fully saturated rings. The molecule has 1 heterocycles. The fraction of sp³-hybridized carbons (Fsp3) is 0.273. The van der Waals surface area contributed by atoms with Gasteiger partial charge in [0.15, 0.2) is 0 Å². The van der Waals surface area contributed by atoms with E-state index in [1.165, 1.54) is 17.9 Å². The quantitative estimate of drug-likeness (QED) is 0.910. The molecule has 98 valence electrons. The first-order chi connectivity index (χ1) is 8.49. The lowest BCUT2D eigenvalue weighted by molar-refractivity contribution is 0.419. The Kier molecular flexibility index (Phi) is 3.27. The highest BCUT2D eigenvalue weighted by Gasteiger charge is 2.20. The number of primary sulfonamides is 1. The number of hydrogen-bond donors (Lipinski definition) is 1. The first kappa shape index (κ1) is 12.8. The second kappa shape index (κ2) is 4.58. The van der Waals surface area contributed by atoms with Crippen molar-refractivity contribution in [3.63, 3.8) is 0 Å². The Bertz CT molecular complexity index is 679. The summed E-state index contributed by atoms with van der Waals surface area (Å²) < 4.78 is 42.2. The van der Waals surface area contributed by atoms with Crippen molar-refractivity contribution in [1.82, 2.24) is 4.57 Å². The first-order valence-electron chi connectivity index (χ1n) is 5.23. The summed E-state index contributed by atoms with van der Waals surface area (Å²) in [7, 11) is -2.44. The molecular weight excluding hydrogens is 259 g/mol. The van der Waals surface area contributed by atoms with E-state index in [1.54, 1.807) is 18.2 Å². The first-order valence-corrected chi connectivity index (χ1v) is 6.78. The molecule has 2 rings (SSSR count). The minimum Gasteiger partial charge on any atom is -0.496 e. The molecule has 0 saturated carbocycles. The lowest BCUT2D eigenvalue weighted by atomic mass is 10.2. The number of alkyl halides is 1. The molecule has 2 aromatic rings. The number of nitrogens with zero attached hydrogens (tertiary/aromatic N) is 1. The van der Waals surface area contributed by atoms with Crippen molar-refractivity contribution in [2.24, 2.45) is 5.14 Å². The largest absolute Gasteiger partial charge is 0.496 e.